The van der Waals surface area contributed by atoms with Crippen LogP contribution in [0, 0.1) is 5.92 Å². The molecule has 9 heteroatoms. The topological polar surface area (TPSA) is 101 Å². The molecule has 0 bridgehead atoms. The summed E-state index contributed by atoms with van der Waals surface area (Å²) in [4.78, 5) is 12.9. The second-order valence-electron chi connectivity index (χ2n) is 6.99. The Kier molecular flexibility index (Phi) is 7.30. The van der Waals surface area contributed by atoms with Crippen molar-refractivity contribution in [1.29, 1.82) is 0 Å². The number of nitrogens with one attached hydrogen (secondary N) is 2. The van der Waals surface area contributed by atoms with Gasteiger partial charge in [-0.15, -0.1) is 10.2 Å². The van der Waals surface area contributed by atoms with Crippen molar-refractivity contribution in [2.75, 3.05) is 5.32 Å². The minimum absolute atomic E-state index is 0.189. The van der Waals surface area contributed by atoms with E-state index in [1.165, 1.54) is 11.3 Å². The van der Waals surface area contributed by atoms with E-state index in [-0.39, 0.29) is 11.7 Å². The molecule has 0 aliphatic carbocycles. The first kappa shape index (κ1) is 22.1. The van der Waals surface area contributed by atoms with Gasteiger partial charge in [-0.2, -0.15) is 0 Å². The molecule has 0 radical (unpaired) electrons. The summed E-state index contributed by atoms with van der Waals surface area (Å²) >= 11 is 1.24. The van der Waals surface area contributed by atoms with Crippen LogP contribution in [-0.2, 0) is 20.6 Å². The van der Waals surface area contributed by atoms with Gasteiger partial charge in [0.15, 0.2) is 0 Å². The Balaban J connectivity index is 1.72. The zero-order valence-corrected chi connectivity index (χ0v) is 18.4. The Morgan fingerprint density at radius 2 is 1.67 bits per heavy atom. The van der Waals surface area contributed by atoms with E-state index >= 15 is 0 Å². The third-order valence-electron chi connectivity index (χ3n) is 4.68. The molecule has 1 amide bonds. The van der Waals surface area contributed by atoms with Crippen molar-refractivity contribution < 1.29 is 13.2 Å². The van der Waals surface area contributed by atoms with Gasteiger partial charge >= 0.3 is 0 Å². The highest BCUT2D eigenvalue weighted by Gasteiger charge is 2.29. The number of amides is 1. The van der Waals surface area contributed by atoms with Gasteiger partial charge in [-0.05, 0) is 11.5 Å². The Bertz CT molecular complexity index is 1070. The highest BCUT2D eigenvalue weighted by molar-refractivity contribution is 7.88. The third-order valence-corrected chi connectivity index (χ3v) is 6.89. The smallest absolute Gasteiger partial charge is 0.244 e. The average Bonchev–Trinajstić information content (AvgIpc) is 3.21. The summed E-state index contributed by atoms with van der Waals surface area (Å²) < 4.78 is 27.9. The predicted octanol–water partition coefficient (Wildman–Crippen LogP) is 3.68. The highest BCUT2D eigenvalue weighted by atomic mass is 32.2. The van der Waals surface area contributed by atoms with Crippen LogP contribution in [0.1, 0.15) is 25.8 Å². The van der Waals surface area contributed by atoms with Crippen molar-refractivity contribution in [3.8, 4) is 10.6 Å². The molecule has 1 aromatic heterocycles. The van der Waals surface area contributed by atoms with Gasteiger partial charge in [0.2, 0.25) is 21.1 Å². The number of rotatable bonds is 9. The van der Waals surface area contributed by atoms with Crippen LogP contribution in [-0.4, -0.2) is 30.6 Å². The van der Waals surface area contributed by atoms with Crippen LogP contribution in [0.2, 0.25) is 0 Å². The maximum Gasteiger partial charge on any atom is 0.244 e. The fraction of sp³-hybridized carbons (Fsp3) is 0.286. The van der Waals surface area contributed by atoms with E-state index in [4.69, 9.17) is 0 Å². The van der Waals surface area contributed by atoms with Gasteiger partial charge in [0.25, 0.3) is 0 Å². The highest BCUT2D eigenvalue weighted by Crippen LogP contribution is 2.26. The Labute approximate surface area is 180 Å². The second-order valence-corrected chi connectivity index (χ2v) is 9.72. The molecule has 2 aromatic carbocycles. The maximum absolute atomic E-state index is 12.9. The van der Waals surface area contributed by atoms with E-state index in [0.717, 1.165) is 5.56 Å². The maximum atomic E-state index is 12.9. The fourth-order valence-electron chi connectivity index (χ4n) is 2.85. The molecular weight excluding hydrogens is 420 g/mol. The molecule has 0 saturated heterocycles. The van der Waals surface area contributed by atoms with Crippen molar-refractivity contribution >= 4 is 32.4 Å². The lowest BCUT2D eigenvalue weighted by Crippen LogP contribution is -2.47. The van der Waals surface area contributed by atoms with Crippen LogP contribution in [0.3, 0.4) is 0 Å². The normalized spacial score (nSPS) is 13.5. The molecule has 7 nitrogen and oxygen atoms in total. The van der Waals surface area contributed by atoms with Crippen LogP contribution in [0.15, 0.2) is 60.7 Å². The number of benzene rings is 2. The predicted molar refractivity (Wildman–Crippen MR) is 119 cm³/mol. The molecule has 0 fully saturated rings. The standard InChI is InChI=1S/C21H24N4O3S2/c1-3-15(2)18(25-30(27,28)14-16-10-6-4-7-11-16)19(26)22-21-24-23-20(29-21)17-12-8-5-9-13-17/h4-13,15,18,25H,3,14H2,1-2H3,(H,22,24,26)/t15-,18+/m1/s1. The molecule has 30 heavy (non-hydrogen) atoms. The van der Waals surface area contributed by atoms with Crippen molar-refractivity contribution in [1.82, 2.24) is 14.9 Å². The molecule has 2 N–H and O–H groups in total. The van der Waals surface area contributed by atoms with Gasteiger partial charge in [0.1, 0.15) is 11.0 Å². The van der Waals surface area contributed by atoms with Crippen molar-refractivity contribution in [3.05, 3.63) is 66.2 Å². The van der Waals surface area contributed by atoms with E-state index in [1.807, 2.05) is 50.2 Å². The second kappa shape index (κ2) is 9.92. The van der Waals surface area contributed by atoms with Gasteiger partial charge in [-0.1, -0.05) is 92.3 Å². The number of carbonyl (C=O) groups excluding carboxylic acids is 1. The first-order chi connectivity index (χ1) is 14.4. The molecule has 0 spiro atoms. The summed E-state index contributed by atoms with van der Waals surface area (Å²) in [7, 11) is -3.71. The average molecular weight is 445 g/mol. The summed E-state index contributed by atoms with van der Waals surface area (Å²) in [6.45, 7) is 3.75. The number of hydrogen-bond donors (Lipinski definition) is 2. The summed E-state index contributed by atoms with van der Waals surface area (Å²) in [6.07, 6.45) is 0.636. The molecular formula is C21H24N4O3S2. The van der Waals surface area contributed by atoms with E-state index in [9.17, 15) is 13.2 Å². The van der Waals surface area contributed by atoms with Gasteiger partial charge in [-0.3, -0.25) is 10.1 Å². The molecule has 0 unspecified atom stereocenters. The zero-order valence-electron chi connectivity index (χ0n) is 16.8. The number of hydrogen-bond acceptors (Lipinski definition) is 6. The van der Waals surface area contributed by atoms with Crippen molar-refractivity contribution in [2.24, 2.45) is 5.92 Å². The SMILES string of the molecule is CC[C@@H](C)[C@H](NS(=O)(=O)Cc1ccccc1)C(=O)Nc1nnc(-c2ccccc2)s1. The summed E-state index contributed by atoms with van der Waals surface area (Å²) in [5.74, 6) is -0.834. The molecule has 1 heterocycles. The Hall–Kier alpha value is -2.62. The number of anilines is 1. The van der Waals surface area contributed by atoms with Crippen LogP contribution >= 0.6 is 11.3 Å². The molecule has 2 atom stereocenters. The van der Waals surface area contributed by atoms with Gasteiger partial charge in [-0.25, -0.2) is 13.1 Å². The number of sulfonamides is 1. The Morgan fingerprint density at radius 3 is 2.30 bits per heavy atom. The lowest BCUT2D eigenvalue weighted by atomic mass is 9.99. The molecule has 0 aliphatic rings. The monoisotopic (exact) mass is 444 g/mol. The lowest BCUT2D eigenvalue weighted by Gasteiger charge is -2.22. The van der Waals surface area contributed by atoms with E-state index < -0.39 is 22.0 Å². The van der Waals surface area contributed by atoms with Crippen LogP contribution < -0.4 is 10.0 Å². The molecule has 158 valence electrons. The number of aromatic nitrogens is 2. The fourth-order valence-corrected chi connectivity index (χ4v) is 5.04. The first-order valence-electron chi connectivity index (χ1n) is 9.61. The minimum Gasteiger partial charge on any atom is -0.299 e. The largest absolute Gasteiger partial charge is 0.299 e. The van der Waals surface area contributed by atoms with Crippen LogP contribution in [0.5, 0.6) is 0 Å². The first-order valence-corrected chi connectivity index (χ1v) is 12.1. The number of nitrogens with zero attached hydrogens (tertiary/aromatic N) is 2. The summed E-state index contributed by atoms with van der Waals surface area (Å²) in [5, 5.41) is 11.9. The molecule has 3 rings (SSSR count). The number of carbonyl (C=O) groups is 1. The van der Waals surface area contributed by atoms with Gasteiger partial charge in [0.05, 0.1) is 5.75 Å². The van der Waals surface area contributed by atoms with Crippen molar-refractivity contribution in [3.63, 3.8) is 0 Å². The molecule has 0 aliphatic heterocycles. The van der Waals surface area contributed by atoms with Crippen LogP contribution in [0.25, 0.3) is 10.6 Å². The molecule has 0 saturated carbocycles. The summed E-state index contributed by atoms with van der Waals surface area (Å²) in [6, 6.07) is 17.5. The van der Waals surface area contributed by atoms with Crippen molar-refractivity contribution in [2.45, 2.75) is 32.1 Å². The zero-order chi connectivity index (χ0) is 21.6. The minimum atomic E-state index is -3.71. The van der Waals surface area contributed by atoms with E-state index in [1.54, 1.807) is 24.3 Å². The van der Waals surface area contributed by atoms with Gasteiger partial charge < -0.3 is 0 Å². The summed E-state index contributed by atoms with van der Waals surface area (Å²) in [5.41, 5.74) is 1.56. The van der Waals surface area contributed by atoms with E-state index in [2.05, 4.69) is 20.2 Å². The lowest BCUT2D eigenvalue weighted by molar-refractivity contribution is -0.118. The molecule has 3 aromatic rings. The van der Waals surface area contributed by atoms with Gasteiger partial charge in [0, 0.05) is 5.56 Å². The Morgan fingerprint density at radius 1 is 1.03 bits per heavy atom. The third kappa shape index (κ3) is 5.94. The quantitative estimate of drug-likeness (QED) is 0.524. The van der Waals surface area contributed by atoms with E-state index in [0.29, 0.717) is 22.1 Å². The van der Waals surface area contributed by atoms with Crippen LogP contribution in [0.4, 0.5) is 5.13 Å².